The van der Waals surface area contributed by atoms with Crippen molar-refractivity contribution in [1.29, 1.82) is 0 Å². The van der Waals surface area contributed by atoms with Crippen LogP contribution in [0.15, 0.2) is 35.1 Å². The molecule has 0 aromatic heterocycles. The van der Waals surface area contributed by atoms with Gasteiger partial charge >= 0.3 is 0 Å². The molecule has 2 rings (SSSR count). The average Bonchev–Trinajstić information content (AvgIpc) is 2.44. The van der Waals surface area contributed by atoms with Crippen LogP contribution in [0.2, 0.25) is 0 Å². The molecule has 0 aromatic carbocycles. The van der Waals surface area contributed by atoms with Crippen LogP contribution in [-0.2, 0) is 9.59 Å². The van der Waals surface area contributed by atoms with Crippen molar-refractivity contribution >= 4 is 11.6 Å². The molecular formula is C21H30O3. The molecule has 3 atom stereocenters. The highest BCUT2D eigenvalue weighted by atomic mass is 16.3. The Morgan fingerprint density at radius 1 is 1.17 bits per heavy atom. The van der Waals surface area contributed by atoms with Gasteiger partial charge in [0.2, 0.25) is 0 Å². The molecule has 2 bridgehead atoms. The molecule has 0 amide bonds. The number of ketones is 2. The number of hydrogen-bond acceptors (Lipinski definition) is 3. The van der Waals surface area contributed by atoms with Gasteiger partial charge in [-0.3, -0.25) is 9.59 Å². The smallest absolute Gasteiger partial charge is 0.169 e. The Balaban J connectivity index is 2.60. The molecule has 24 heavy (non-hydrogen) atoms. The van der Waals surface area contributed by atoms with E-state index in [1.807, 2.05) is 19.9 Å². The van der Waals surface area contributed by atoms with Crippen molar-refractivity contribution in [1.82, 2.24) is 0 Å². The Hall–Kier alpha value is -1.64. The van der Waals surface area contributed by atoms with Gasteiger partial charge in [0.25, 0.3) is 0 Å². The molecule has 132 valence electrons. The lowest BCUT2D eigenvalue weighted by Gasteiger charge is -2.56. The molecule has 0 radical (unpaired) electrons. The summed E-state index contributed by atoms with van der Waals surface area (Å²) in [5.74, 6) is -0.792. The van der Waals surface area contributed by atoms with Gasteiger partial charge in [-0.05, 0) is 58.3 Å². The second kappa shape index (κ2) is 6.34. The lowest BCUT2D eigenvalue weighted by molar-refractivity contribution is -0.157. The van der Waals surface area contributed by atoms with Gasteiger partial charge in [0.05, 0.1) is 11.3 Å². The molecular weight excluding hydrogens is 300 g/mol. The van der Waals surface area contributed by atoms with E-state index in [1.54, 1.807) is 0 Å². The molecule has 0 spiro atoms. The first kappa shape index (κ1) is 18.7. The largest absolute Gasteiger partial charge is 0.511 e. The van der Waals surface area contributed by atoms with Gasteiger partial charge in [0.1, 0.15) is 5.76 Å². The zero-order chi connectivity index (χ0) is 18.3. The second-order valence-electron chi connectivity index (χ2n) is 8.41. The molecule has 0 aromatic rings. The maximum absolute atomic E-state index is 13.2. The minimum Gasteiger partial charge on any atom is -0.511 e. The Morgan fingerprint density at radius 3 is 2.29 bits per heavy atom. The highest BCUT2D eigenvalue weighted by Crippen LogP contribution is 2.61. The molecule has 0 heterocycles. The van der Waals surface area contributed by atoms with Crippen LogP contribution in [0.25, 0.3) is 0 Å². The summed E-state index contributed by atoms with van der Waals surface area (Å²) in [7, 11) is 0. The Bertz CT molecular complexity index is 640. The van der Waals surface area contributed by atoms with E-state index in [1.165, 1.54) is 11.6 Å². The normalized spacial score (nSPS) is 31.3. The van der Waals surface area contributed by atoms with Crippen LogP contribution in [0.5, 0.6) is 0 Å². The predicted octanol–water partition coefficient (Wildman–Crippen LogP) is 4.94. The fourth-order valence-corrected chi connectivity index (χ4v) is 4.30. The van der Waals surface area contributed by atoms with Crippen molar-refractivity contribution < 1.29 is 14.7 Å². The van der Waals surface area contributed by atoms with Gasteiger partial charge in [-0.1, -0.05) is 37.1 Å². The first-order chi connectivity index (χ1) is 11.0. The molecule has 0 aliphatic heterocycles. The van der Waals surface area contributed by atoms with Gasteiger partial charge in [0.15, 0.2) is 11.6 Å². The summed E-state index contributed by atoms with van der Waals surface area (Å²) >= 11 is 0. The van der Waals surface area contributed by atoms with Crippen molar-refractivity contribution in [3.8, 4) is 0 Å². The van der Waals surface area contributed by atoms with Gasteiger partial charge in [-0.25, -0.2) is 0 Å². The summed E-state index contributed by atoms with van der Waals surface area (Å²) in [5.41, 5.74) is 0.944. The summed E-state index contributed by atoms with van der Waals surface area (Å²) in [6, 6.07) is 0. The number of aliphatic hydroxyl groups excluding tert-OH is 1. The fraction of sp³-hybridized carbons (Fsp3) is 0.619. The van der Waals surface area contributed by atoms with Crippen LogP contribution in [0.1, 0.15) is 60.8 Å². The minimum absolute atomic E-state index is 0.0434. The minimum atomic E-state index is -0.985. The van der Waals surface area contributed by atoms with E-state index in [2.05, 4.69) is 33.8 Å². The number of carbonyl (C=O) groups is 2. The van der Waals surface area contributed by atoms with Crippen molar-refractivity contribution in [2.75, 3.05) is 0 Å². The lowest BCUT2D eigenvalue weighted by Crippen LogP contribution is -2.59. The molecule has 3 heteroatoms. The van der Waals surface area contributed by atoms with Gasteiger partial charge in [-0.2, -0.15) is 0 Å². The topological polar surface area (TPSA) is 54.4 Å². The van der Waals surface area contributed by atoms with Gasteiger partial charge in [0, 0.05) is 6.08 Å². The maximum atomic E-state index is 13.2. The third-order valence-corrected chi connectivity index (χ3v) is 6.06. The molecule has 2 aliphatic rings. The number of carbonyl (C=O) groups excluding carboxylic acids is 2. The number of aliphatic hydroxyl groups is 1. The monoisotopic (exact) mass is 330 g/mol. The van der Waals surface area contributed by atoms with Crippen LogP contribution in [0.4, 0.5) is 0 Å². The van der Waals surface area contributed by atoms with E-state index in [-0.39, 0.29) is 23.2 Å². The number of rotatable bonds is 4. The summed E-state index contributed by atoms with van der Waals surface area (Å²) in [6.07, 6.45) is 7.37. The Kier molecular flexibility index (Phi) is 4.94. The van der Waals surface area contributed by atoms with Crippen LogP contribution in [0, 0.1) is 22.7 Å². The summed E-state index contributed by atoms with van der Waals surface area (Å²) in [6.45, 7) is 12.2. The molecule has 1 saturated carbocycles. The van der Waals surface area contributed by atoms with Crippen LogP contribution >= 0.6 is 0 Å². The van der Waals surface area contributed by atoms with Crippen LogP contribution < -0.4 is 0 Å². The zero-order valence-electron chi connectivity index (χ0n) is 15.8. The third kappa shape index (κ3) is 2.78. The van der Waals surface area contributed by atoms with E-state index in [4.69, 9.17) is 0 Å². The second-order valence-corrected chi connectivity index (χ2v) is 8.41. The third-order valence-electron chi connectivity index (χ3n) is 6.06. The molecule has 3 nitrogen and oxygen atoms in total. The lowest BCUT2D eigenvalue weighted by atomic mass is 9.45. The van der Waals surface area contributed by atoms with Crippen LogP contribution in [-0.4, -0.2) is 16.7 Å². The molecule has 1 N–H and O–H groups in total. The van der Waals surface area contributed by atoms with E-state index in [0.29, 0.717) is 12.8 Å². The standard InChI is InChI=1S/C21H30O3/c1-13(2)7-8-15-11-16-17(22)12-18(23)21(19(16)24,20(15,5)6)10-9-14(3)4/h7,9,12,15-16,23H,8,10-11H2,1-6H3/t15-,16-,21+/m1/s1. The van der Waals surface area contributed by atoms with Crippen molar-refractivity contribution in [2.45, 2.75) is 60.8 Å². The van der Waals surface area contributed by atoms with Crippen molar-refractivity contribution in [3.05, 3.63) is 35.1 Å². The highest BCUT2D eigenvalue weighted by molar-refractivity contribution is 6.14. The SMILES string of the molecule is CC(C)=CC[C@@H]1C[C@@H]2C(=O)C=C(O)[C@@](CC=C(C)C)(C2=O)C1(C)C. The molecule has 1 fully saturated rings. The predicted molar refractivity (Wildman–Crippen MR) is 96.6 cm³/mol. The van der Waals surface area contributed by atoms with E-state index in [0.717, 1.165) is 12.0 Å². The summed E-state index contributed by atoms with van der Waals surface area (Å²) < 4.78 is 0. The van der Waals surface area contributed by atoms with E-state index in [9.17, 15) is 14.7 Å². The molecule has 2 aliphatic carbocycles. The van der Waals surface area contributed by atoms with Crippen molar-refractivity contribution in [3.63, 3.8) is 0 Å². The first-order valence-corrected chi connectivity index (χ1v) is 8.80. The van der Waals surface area contributed by atoms with Crippen molar-refractivity contribution in [2.24, 2.45) is 22.7 Å². The fourth-order valence-electron chi connectivity index (χ4n) is 4.30. The Labute approximate surface area is 145 Å². The Morgan fingerprint density at radius 2 is 1.75 bits per heavy atom. The molecule has 0 saturated heterocycles. The van der Waals surface area contributed by atoms with Gasteiger partial charge < -0.3 is 5.11 Å². The van der Waals surface area contributed by atoms with E-state index < -0.39 is 16.7 Å². The summed E-state index contributed by atoms with van der Waals surface area (Å²) in [4.78, 5) is 25.5. The van der Waals surface area contributed by atoms with E-state index >= 15 is 0 Å². The number of fused-ring (bicyclic) bond motifs is 2. The molecule has 0 unspecified atom stereocenters. The average molecular weight is 330 g/mol. The number of allylic oxidation sites excluding steroid dienone is 6. The number of Topliss-reactive ketones (excluding diaryl/α,β-unsaturated/α-hetero) is 1. The number of hydrogen-bond donors (Lipinski definition) is 1. The highest BCUT2D eigenvalue weighted by Gasteiger charge is 2.64. The van der Waals surface area contributed by atoms with Crippen LogP contribution in [0.3, 0.4) is 0 Å². The maximum Gasteiger partial charge on any atom is 0.169 e. The van der Waals surface area contributed by atoms with Gasteiger partial charge in [-0.15, -0.1) is 0 Å². The summed E-state index contributed by atoms with van der Waals surface area (Å²) in [5, 5.41) is 10.7. The first-order valence-electron chi connectivity index (χ1n) is 8.80. The zero-order valence-corrected chi connectivity index (χ0v) is 15.8. The quantitative estimate of drug-likeness (QED) is 0.586.